The Labute approximate surface area is 265 Å². The molecule has 0 bridgehead atoms. The maximum Gasteiger partial charge on any atom is 0.417 e. The van der Waals surface area contributed by atoms with E-state index < -0.39 is 17.7 Å². The molecule has 1 saturated carbocycles. The van der Waals surface area contributed by atoms with Gasteiger partial charge in [0, 0.05) is 13.6 Å². The number of anilines is 2. The second-order valence-electron chi connectivity index (χ2n) is 12.7. The molecule has 0 N–H and O–H groups in total. The van der Waals surface area contributed by atoms with Gasteiger partial charge in [0.2, 0.25) is 5.95 Å². The molecule has 0 spiro atoms. The van der Waals surface area contributed by atoms with Gasteiger partial charge < -0.3 is 18.9 Å². The highest BCUT2D eigenvalue weighted by Crippen LogP contribution is 2.33. The van der Waals surface area contributed by atoms with Gasteiger partial charge in [0.15, 0.2) is 17.0 Å². The van der Waals surface area contributed by atoms with Gasteiger partial charge in [-0.1, -0.05) is 73.9 Å². The first-order valence-corrected chi connectivity index (χ1v) is 15.8. The fraction of sp³-hybridized carbons (Fsp3) is 0.457. The lowest BCUT2D eigenvalue weighted by atomic mass is 9.84. The summed E-state index contributed by atoms with van der Waals surface area (Å²) in [4.78, 5) is 44.0. The van der Waals surface area contributed by atoms with Crippen LogP contribution in [0.25, 0.3) is 11.2 Å². The van der Waals surface area contributed by atoms with Crippen molar-refractivity contribution in [3.63, 3.8) is 0 Å². The molecular formula is C35H44N6O4. The van der Waals surface area contributed by atoms with Gasteiger partial charge in [-0.2, -0.15) is 9.97 Å². The summed E-state index contributed by atoms with van der Waals surface area (Å²) in [5.41, 5.74) is 3.56. The number of esters is 1. The lowest BCUT2D eigenvalue weighted by molar-refractivity contribution is -0.143. The second-order valence-corrected chi connectivity index (χ2v) is 12.7. The molecule has 4 aromatic rings. The molecule has 10 nitrogen and oxygen atoms in total. The van der Waals surface area contributed by atoms with Crippen molar-refractivity contribution in [2.75, 3.05) is 23.5 Å². The maximum absolute atomic E-state index is 13.8. The number of ether oxygens (including phenoxy) is 2. The highest BCUT2D eigenvalue weighted by Gasteiger charge is 2.29. The predicted molar refractivity (Wildman–Crippen MR) is 175 cm³/mol. The van der Waals surface area contributed by atoms with Crippen molar-refractivity contribution in [3.8, 4) is 0 Å². The van der Waals surface area contributed by atoms with Gasteiger partial charge in [0.05, 0.1) is 19.5 Å². The minimum atomic E-state index is -0.733. The van der Waals surface area contributed by atoms with Crippen molar-refractivity contribution in [2.45, 2.75) is 91.0 Å². The minimum Gasteiger partial charge on any atom is -0.465 e. The van der Waals surface area contributed by atoms with E-state index in [1.165, 1.54) is 42.6 Å². The number of fused-ring (bicyclic) bond motifs is 1. The zero-order chi connectivity index (χ0) is 32.0. The van der Waals surface area contributed by atoms with Gasteiger partial charge in [-0.05, 0) is 63.1 Å². The number of imidazole rings is 1. The molecule has 0 atom stereocenters. The Hall–Kier alpha value is -4.47. The first-order chi connectivity index (χ1) is 21.6. The topological polar surface area (TPSA) is 103 Å². The van der Waals surface area contributed by atoms with Crippen molar-refractivity contribution in [1.29, 1.82) is 0 Å². The summed E-state index contributed by atoms with van der Waals surface area (Å²) >= 11 is 0. The molecule has 0 radical (unpaired) electrons. The smallest absolute Gasteiger partial charge is 0.417 e. The van der Waals surface area contributed by atoms with Gasteiger partial charge >= 0.3 is 12.1 Å². The van der Waals surface area contributed by atoms with Crippen LogP contribution < -0.4 is 9.80 Å². The molecule has 1 amide bonds. The molecule has 1 fully saturated rings. The van der Waals surface area contributed by atoms with Crippen molar-refractivity contribution in [2.24, 2.45) is 0 Å². The average molecular weight is 613 g/mol. The Morgan fingerprint density at radius 2 is 1.62 bits per heavy atom. The predicted octanol–water partition coefficient (Wildman–Crippen LogP) is 7.02. The Balaban J connectivity index is 1.55. The molecule has 1 aliphatic rings. The number of rotatable bonds is 10. The zero-order valence-electron chi connectivity index (χ0n) is 27.0. The van der Waals surface area contributed by atoms with E-state index in [1.54, 1.807) is 17.8 Å². The molecule has 1 aliphatic carbocycles. The summed E-state index contributed by atoms with van der Waals surface area (Å²) in [6.07, 6.45) is 7.28. The Morgan fingerprint density at radius 3 is 2.29 bits per heavy atom. The SMILES string of the molecule is CCOC(=O)Cn1cnc2c(N(C)Cc3ccccc3)nc(N(Cc3ccc(C4CCCCC4)cc3)C(=O)OC(C)(C)C)nc21. The van der Waals surface area contributed by atoms with Crippen molar-refractivity contribution in [3.05, 3.63) is 77.6 Å². The molecule has 10 heteroatoms. The molecule has 45 heavy (non-hydrogen) atoms. The third-order valence-corrected chi connectivity index (χ3v) is 7.91. The largest absolute Gasteiger partial charge is 0.465 e. The molecule has 2 heterocycles. The number of aromatic nitrogens is 4. The average Bonchev–Trinajstić information content (AvgIpc) is 3.42. The van der Waals surface area contributed by atoms with Crippen LogP contribution in [-0.4, -0.2) is 50.8 Å². The monoisotopic (exact) mass is 612 g/mol. The van der Waals surface area contributed by atoms with Gasteiger partial charge in [-0.3, -0.25) is 4.79 Å². The number of carbonyl (C=O) groups excluding carboxylic acids is 2. The van der Waals surface area contributed by atoms with Crippen molar-refractivity contribution < 1.29 is 19.1 Å². The number of hydrogen-bond acceptors (Lipinski definition) is 8. The normalized spacial score (nSPS) is 13.9. The molecular weight excluding hydrogens is 568 g/mol. The molecule has 0 aliphatic heterocycles. The van der Waals surface area contributed by atoms with E-state index in [4.69, 9.17) is 19.4 Å². The van der Waals surface area contributed by atoms with Gasteiger partial charge in [-0.15, -0.1) is 0 Å². The highest BCUT2D eigenvalue weighted by atomic mass is 16.6. The molecule has 5 rings (SSSR count). The van der Waals surface area contributed by atoms with Crippen LogP contribution in [0.5, 0.6) is 0 Å². The zero-order valence-corrected chi connectivity index (χ0v) is 27.0. The number of amides is 1. The van der Waals surface area contributed by atoms with Gasteiger partial charge in [0.1, 0.15) is 12.1 Å². The van der Waals surface area contributed by atoms with Gasteiger partial charge in [0.25, 0.3) is 0 Å². The maximum atomic E-state index is 13.8. The number of carbonyl (C=O) groups is 2. The van der Waals surface area contributed by atoms with Crippen LogP contribution in [0.15, 0.2) is 60.9 Å². The van der Waals surface area contributed by atoms with Gasteiger partial charge in [-0.25, -0.2) is 14.7 Å². The first-order valence-electron chi connectivity index (χ1n) is 15.8. The summed E-state index contributed by atoms with van der Waals surface area (Å²) in [5.74, 6) is 0.873. The van der Waals surface area contributed by atoms with E-state index in [2.05, 4.69) is 29.2 Å². The van der Waals surface area contributed by atoms with E-state index >= 15 is 0 Å². The molecule has 2 aromatic heterocycles. The van der Waals surface area contributed by atoms with Crippen LogP contribution in [0, 0.1) is 0 Å². The summed E-state index contributed by atoms with van der Waals surface area (Å²) in [7, 11) is 1.92. The van der Waals surface area contributed by atoms with E-state index in [1.807, 2.05) is 63.1 Å². The minimum absolute atomic E-state index is 0.0717. The highest BCUT2D eigenvalue weighted by molar-refractivity contribution is 5.90. The van der Waals surface area contributed by atoms with Crippen molar-refractivity contribution in [1.82, 2.24) is 19.5 Å². The van der Waals surface area contributed by atoms with Crippen LogP contribution in [0.1, 0.15) is 82.4 Å². The fourth-order valence-corrected chi connectivity index (χ4v) is 5.75. The number of benzene rings is 2. The Bertz CT molecular complexity index is 1590. The lowest BCUT2D eigenvalue weighted by Crippen LogP contribution is -2.38. The van der Waals surface area contributed by atoms with Crippen molar-refractivity contribution >= 4 is 35.0 Å². The first kappa shape index (κ1) is 31.9. The van der Waals surface area contributed by atoms with E-state index in [0.717, 1.165) is 11.1 Å². The van der Waals surface area contributed by atoms with Crippen LogP contribution in [0.4, 0.5) is 16.6 Å². The molecule has 0 unspecified atom stereocenters. The van der Waals surface area contributed by atoms with E-state index in [-0.39, 0.29) is 25.6 Å². The number of hydrogen-bond donors (Lipinski definition) is 0. The Morgan fingerprint density at radius 1 is 0.933 bits per heavy atom. The lowest BCUT2D eigenvalue weighted by Gasteiger charge is -2.27. The Kier molecular flexibility index (Phi) is 10.0. The second kappa shape index (κ2) is 14.1. The molecule has 0 saturated heterocycles. The summed E-state index contributed by atoms with van der Waals surface area (Å²) in [6, 6.07) is 18.5. The van der Waals surface area contributed by atoms with Crippen LogP contribution >= 0.6 is 0 Å². The number of nitrogens with zero attached hydrogens (tertiary/aromatic N) is 6. The fourth-order valence-electron chi connectivity index (χ4n) is 5.75. The third-order valence-electron chi connectivity index (χ3n) is 7.91. The van der Waals surface area contributed by atoms with E-state index in [0.29, 0.717) is 29.4 Å². The quantitative estimate of drug-likeness (QED) is 0.176. The summed E-state index contributed by atoms with van der Waals surface area (Å²) in [6.45, 7) is 8.21. The standard InChI is InChI=1S/C35H44N6O4/c1-6-44-29(42)23-40-24-36-30-31(39(5)21-25-13-9-7-10-14-25)37-33(38-32(30)40)41(34(43)45-35(2,3)4)22-26-17-19-28(20-18-26)27-15-11-8-12-16-27/h7,9-10,13-14,17-20,24,27H,6,8,11-12,15-16,21-23H2,1-5H3. The van der Waals surface area contributed by atoms with E-state index in [9.17, 15) is 9.59 Å². The molecule has 238 valence electrons. The summed E-state index contributed by atoms with van der Waals surface area (Å²) < 4.78 is 12.7. The van der Waals surface area contributed by atoms with Crippen LogP contribution in [0.3, 0.4) is 0 Å². The molecule has 2 aromatic carbocycles. The summed E-state index contributed by atoms with van der Waals surface area (Å²) in [5, 5.41) is 0. The third kappa shape index (κ3) is 8.17. The van der Waals surface area contributed by atoms with Crippen LogP contribution in [0.2, 0.25) is 0 Å². The van der Waals surface area contributed by atoms with Crippen LogP contribution in [-0.2, 0) is 33.9 Å².